The van der Waals surface area contributed by atoms with E-state index in [0.717, 1.165) is 0 Å². The average molecular weight is 395 g/mol. The number of anilines is 1. The van der Waals surface area contributed by atoms with E-state index in [-0.39, 0.29) is 17.3 Å². The van der Waals surface area contributed by atoms with Crippen LogP contribution in [-0.4, -0.2) is 35.2 Å². The third-order valence-electron chi connectivity index (χ3n) is 2.84. The Kier molecular flexibility index (Phi) is 7.01. The smallest absolute Gasteiger partial charge is 0.350 e. The Hall–Kier alpha value is -2.06. The summed E-state index contributed by atoms with van der Waals surface area (Å²) >= 11 is 11.4. The first kappa shape index (κ1) is 21.0. The van der Waals surface area contributed by atoms with Crippen LogP contribution in [0.3, 0.4) is 0 Å². The number of hydrogen-bond acceptors (Lipinski definition) is 7. The Morgan fingerprint density at radius 2 is 2.00 bits per heavy atom. The summed E-state index contributed by atoms with van der Waals surface area (Å²) in [6, 6.07) is 0. The number of carbonyl (C=O) groups is 2. The predicted octanol–water partition coefficient (Wildman–Crippen LogP) is 2.93. The molecule has 0 spiro atoms. The van der Waals surface area contributed by atoms with Crippen molar-refractivity contribution in [1.82, 2.24) is 4.98 Å². The van der Waals surface area contributed by atoms with E-state index in [1.165, 1.54) is 26.8 Å². The van der Waals surface area contributed by atoms with Gasteiger partial charge in [0.1, 0.15) is 16.7 Å². The fraction of sp³-hybridized carbons (Fsp3) is 0.400. The van der Waals surface area contributed by atoms with Gasteiger partial charge in [0, 0.05) is 0 Å². The predicted molar refractivity (Wildman–Crippen MR) is 90.0 cm³/mol. The monoisotopic (exact) mass is 394 g/mol. The minimum atomic E-state index is -1.57. The lowest BCUT2D eigenvalue weighted by molar-refractivity contribution is -0.181. The van der Waals surface area contributed by atoms with Crippen molar-refractivity contribution in [3.8, 4) is 5.88 Å². The van der Waals surface area contributed by atoms with E-state index in [1.54, 1.807) is 0 Å². The average Bonchev–Trinajstić information content (AvgIpc) is 2.54. The molecular weight excluding hydrogens is 378 g/mol. The molecule has 1 aromatic rings. The van der Waals surface area contributed by atoms with E-state index in [0.29, 0.717) is 0 Å². The van der Waals surface area contributed by atoms with Crippen molar-refractivity contribution < 1.29 is 28.2 Å². The number of rotatable bonds is 7. The molecular formula is C15H17Cl2FN2O5. The van der Waals surface area contributed by atoms with Gasteiger partial charge in [-0.3, -0.25) is 0 Å². The standard InChI is InChI=1S/C15H17Cl2FN2O5/c1-5-6-23-14(22)15(3,4)25-13(21)7(2)24-12-9(17)10(19)8(16)11(18)20-12/h5,7H,1,6H2,2-4H3,(H2,19,20). The number of hydrogen-bond donors (Lipinski definition) is 1. The molecule has 0 saturated carbocycles. The number of carbonyl (C=O) groups excluding carboxylic acids is 2. The second-order valence-corrected chi connectivity index (χ2v) is 6.08. The molecule has 138 valence electrons. The Balaban J connectivity index is 2.84. The van der Waals surface area contributed by atoms with Gasteiger partial charge in [-0.2, -0.15) is 9.37 Å². The number of halogens is 3. The third kappa shape index (κ3) is 5.20. The van der Waals surface area contributed by atoms with Crippen LogP contribution < -0.4 is 10.5 Å². The zero-order valence-corrected chi connectivity index (χ0v) is 15.3. The van der Waals surface area contributed by atoms with Crippen LogP contribution in [0.15, 0.2) is 12.7 Å². The molecule has 0 aliphatic carbocycles. The molecule has 0 aromatic carbocycles. The highest BCUT2D eigenvalue weighted by Crippen LogP contribution is 2.35. The van der Waals surface area contributed by atoms with Gasteiger partial charge in [-0.05, 0) is 20.8 Å². The molecule has 10 heteroatoms. The number of nitrogen functional groups attached to an aromatic ring is 1. The van der Waals surface area contributed by atoms with E-state index in [9.17, 15) is 14.0 Å². The van der Waals surface area contributed by atoms with Crippen molar-refractivity contribution >= 4 is 40.8 Å². The van der Waals surface area contributed by atoms with E-state index in [4.69, 9.17) is 43.1 Å². The Morgan fingerprint density at radius 1 is 1.40 bits per heavy atom. The van der Waals surface area contributed by atoms with Gasteiger partial charge in [0.2, 0.25) is 17.4 Å². The summed E-state index contributed by atoms with van der Waals surface area (Å²) in [5.41, 5.74) is 3.67. The largest absolute Gasteiger partial charge is 0.461 e. The lowest BCUT2D eigenvalue weighted by atomic mass is 10.1. The molecule has 0 bridgehead atoms. The van der Waals surface area contributed by atoms with Crippen molar-refractivity contribution in [3.05, 3.63) is 28.6 Å². The lowest BCUT2D eigenvalue weighted by Crippen LogP contribution is -2.42. The van der Waals surface area contributed by atoms with Crippen molar-refractivity contribution in [2.24, 2.45) is 0 Å². The van der Waals surface area contributed by atoms with Gasteiger partial charge in [-0.1, -0.05) is 35.9 Å². The molecule has 0 fully saturated rings. The molecule has 1 atom stereocenters. The van der Waals surface area contributed by atoms with Crippen LogP contribution in [0.2, 0.25) is 10.0 Å². The van der Waals surface area contributed by atoms with Crippen molar-refractivity contribution in [2.75, 3.05) is 12.3 Å². The van der Waals surface area contributed by atoms with Crippen LogP contribution in [0.4, 0.5) is 10.1 Å². The molecule has 0 saturated heterocycles. The van der Waals surface area contributed by atoms with Crippen LogP contribution in [0.25, 0.3) is 0 Å². The molecule has 2 N–H and O–H groups in total. The number of aromatic nitrogens is 1. The first-order valence-electron chi connectivity index (χ1n) is 6.98. The van der Waals surface area contributed by atoms with Gasteiger partial charge in [-0.25, -0.2) is 9.59 Å². The summed E-state index contributed by atoms with van der Waals surface area (Å²) in [5, 5.41) is -0.714. The molecule has 0 amide bonds. The van der Waals surface area contributed by atoms with Gasteiger partial charge >= 0.3 is 11.9 Å². The van der Waals surface area contributed by atoms with Crippen molar-refractivity contribution in [3.63, 3.8) is 0 Å². The number of ether oxygens (including phenoxy) is 3. The van der Waals surface area contributed by atoms with Crippen LogP contribution in [0, 0.1) is 5.95 Å². The topological polar surface area (TPSA) is 101 Å². The SMILES string of the molecule is C=CCOC(=O)C(C)(C)OC(=O)C(C)Oc1nc(F)c(Cl)c(N)c1Cl. The molecule has 1 unspecified atom stereocenters. The molecule has 1 rings (SSSR count). The summed E-state index contributed by atoms with van der Waals surface area (Å²) in [6.07, 6.45) is 0.103. The van der Waals surface area contributed by atoms with Crippen LogP contribution in [-0.2, 0) is 19.1 Å². The van der Waals surface area contributed by atoms with E-state index < -0.39 is 40.5 Å². The third-order valence-corrected chi connectivity index (χ3v) is 3.57. The van der Waals surface area contributed by atoms with E-state index >= 15 is 0 Å². The summed E-state index contributed by atoms with van der Waals surface area (Å²) in [7, 11) is 0. The first-order chi connectivity index (χ1) is 11.5. The number of nitrogens with two attached hydrogens (primary N) is 1. The van der Waals surface area contributed by atoms with Gasteiger partial charge in [0.15, 0.2) is 6.10 Å². The van der Waals surface area contributed by atoms with Crippen LogP contribution in [0.5, 0.6) is 5.88 Å². The summed E-state index contributed by atoms with van der Waals surface area (Å²) < 4.78 is 28.6. The Labute approximate surface area is 153 Å². The minimum absolute atomic E-state index is 0.0330. The molecule has 1 heterocycles. The lowest BCUT2D eigenvalue weighted by Gasteiger charge is -2.24. The fourth-order valence-electron chi connectivity index (χ4n) is 1.49. The molecule has 0 radical (unpaired) electrons. The highest BCUT2D eigenvalue weighted by atomic mass is 35.5. The highest BCUT2D eigenvalue weighted by molar-refractivity contribution is 6.39. The number of esters is 2. The molecule has 0 aliphatic heterocycles. The zero-order chi connectivity index (χ0) is 19.4. The normalized spacial score (nSPS) is 12.2. The molecule has 1 aromatic heterocycles. The molecule has 0 aliphatic rings. The maximum Gasteiger partial charge on any atom is 0.350 e. The molecule has 25 heavy (non-hydrogen) atoms. The summed E-state index contributed by atoms with van der Waals surface area (Å²) in [5.74, 6) is -3.23. The minimum Gasteiger partial charge on any atom is -0.461 e. The maximum absolute atomic E-state index is 13.5. The number of nitrogens with zero attached hydrogens (tertiary/aromatic N) is 1. The first-order valence-corrected chi connectivity index (χ1v) is 7.74. The molecule has 7 nitrogen and oxygen atoms in total. The van der Waals surface area contributed by atoms with Crippen LogP contribution in [0.1, 0.15) is 20.8 Å². The second kappa shape index (κ2) is 8.35. The summed E-state index contributed by atoms with van der Waals surface area (Å²) in [6.45, 7) is 7.35. The quantitative estimate of drug-likeness (QED) is 0.430. The van der Waals surface area contributed by atoms with Crippen LogP contribution >= 0.6 is 23.2 Å². The summed E-state index contributed by atoms with van der Waals surface area (Å²) in [4.78, 5) is 27.3. The Bertz CT molecular complexity index is 697. The second-order valence-electron chi connectivity index (χ2n) is 5.33. The van der Waals surface area contributed by atoms with Gasteiger partial charge in [0.05, 0.1) is 5.69 Å². The van der Waals surface area contributed by atoms with Crippen molar-refractivity contribution in [1.29, 1.82) is 0 Å². The van der Waals surface area contributed by atoms with E-state index in [1.807, 2.05) is 0 Å². The van der Waals surface area contributed by atoms with E-state index in [2.05, 4.69) is 11.6 Å². The van der Waals surface area contributed by atoms with Gasteiger partial charge in [0.25, 0.3) is 0 Å². The number of pyridine rings is 1. The zero-order valence-electron chi connectivity index (χ0n) is 13.8. The van der Waals surface area contributed by atoms with Crippen molar-refractivity contribution in [2.45, 2.75) is 32.5 Å². The van der Waals surface area contributed by atoms with Gasteiger partial charge in [-0.15, -0.1) is 0 Å². The Morgan fingerprint density at radius 3 is 2.56 bits per heavy atom. The highest BCUT2D eigenvalue weighted by Gasteiger charge is 2.36. The fourth-order valence-corrected chi connectivity index (χ4v) is 1.85. The maximum atomic E-state index is 13.5. The van der Waals surface area contributed by atoms with Gasteiger partial charge < -0.3 is 19.9 Å².